The van der Waals surface area contributed by atoms with Crippen LogP contribution in [0.2, 0.25) is 5.02 Å². The summed E-state index contributed by atoms with van der Waals surface area (Å²) in [5.74, 6) is 0.366. The van der Waals surface area contributed by atoms with Gasteiger partial charge in [0.25, 0.3) is 0 Å². The summed E-state index contributed by atoms with van der Waals surface area (Å²) in [4.78, 5) is 24.7. The Kier molecular flexibility index (Phi) is 7.94. The van der Waals surface area contributed by atoms with Crippen LogP contribution in [0.3, 0.4) is 0 Å². The summed E-state index contributed by atoms with van der Waals surface area (Å²) in [5, 5.41) is 1.07. The van der Waals surface area contributed by atoms with Gasteiger partial charge in [-0.2, -0.15) is 4.31 Å². The summed E-state index contributed by atoms with van der Waals surface area (Å²) in [5.41, 5.74) is 1.68. The third-order valence-corrected chi connectivity index (χ3v) is 9.68. The SMILES string of the molecule is CCOc1ccc2nc(N(Cc3cccnc3)C(=O)C3CCN(S(=O)(=O)c4ccc(Cl)cc4)CC3)sc2c1. The van der Waals surface area contributed by atoms with Gasteiger partial charge in [-0.15, -0.1) is 0 Å². The van der Waals surface area contributed by atoms with E-state index in [0.29, 0.717) is 36.1 Å². The number of benzene rings is 2. The summed E-state index contributed by atoms with van der Waals surface area (Å²) in [6.07, 6.45) is 4.28. The van der Waals surface area contributed by atoms with Crippen molar-refractivity contribution in [1.82, 2.24) is 14.3 Å². The van der Waals surface area contributed by atoms with Crippen molar-refractivity contribution < 1.29 is 17.9 Å². The maximum Gasteiger partial charge on any atom is 0.243 e. The van der Waals surface area contributed by atoms with Crippen molar-refractivity contribution in [3.63, 3.8) is 0 Å². The molecule has 2 aromatic carbocycles. The fourth-order valence-corrected chi connectivity index (χ4v) is 7.09. The van der Waals surface area contributed by atoms with E-state index in [1.165, 1.54) is 27.8 Å². The average Bonchev–Trinajstić information content (AvgIpc) is 3.36. The zero-order valence-corrected chi connectivity index (χ0v) is 23.2. The number of ether oxygens (including phenoxy) is 1. The number of hydrogen-bond donors (Lipinski definition) is 0. The Morgan fingerprint density at radius 1 is 1.16 bits per heavy atom. The Hall–Kier alpha value is -3.05. The molecule has 0 atom stereocenters. The monoisotopic (exact) mass is 570 g/mol. The minimum Gasteiger partial charge on any atom is -0.494 e. The largest absolute Gasteiger partial charge is 0.494 e. The summed E-state index contributed by atoms with van der Waals surface area (Å²) in [6, 6.07) is 15.6. The molecule has 3 heterocycles. The van der Waals surface area contributed by atoms with Crippen LogP contribution >= 0.6 is 22.9 Å². The van der Waals surface area contributed by atoms with Crippen LogP contribution in [0.15, 0.2) is 71.9 Å². The van der Waals surface area contributed by atoms with E-state index in [1.807, 2.05) is 37.3 Å². The van der Waals surface area contributed by atoms with E-state index >= 15 is 0 Å². The Bertz CT molecular complexity index is 1520. The summed E-state index contributed by atoms with van der Waals surface area (Å²) < 4.78 is 34.2. The Balaban J connectivity index is 1.37. The van der Waals surface area contributed by atoms with Crippen molar-refractivity contribution in [2.75, 3.05) is 24.6 Å². The Morgan fingerprint density at radius 3 is 2.61 bits per heavy atom. The number of piperidine rings is 1. The van der Waals surface area contributed by atoms with E-state index in [9.17, 15) is 13.2 Å². The first kappa shape index (κ1) is 26.6. The van der Waals surface area contributed by atoms with Crippen molar-refractivity contribution in [1.29, 1.82) is 0 Å². The van der Waals surface area contributed by atoms with Gasteiger partial charge in [-0.1, -0.05) is 29.0 Å². The lowest BCUT2D eigenvalue weighted by molar-refractivity contribution is -0.123. The molecule has 1 aliphatic heterocycles. The molecule has 0 N–H and O–H groups in total. The highest BCUT2D eigenvalue weighted by molar-refractivity contribution is 7.89. The molecule has 0 saturated carbocycles. The molecule has 4 aromatic rings. The molecule has 1 fully saturated rings. The third kappa shape index (κ3) is 5.68. The number of sulfonamides is 1. The molecule has 1 amide bonds. The van der Waals surface area contributed by atoms with Crippen molar-refractivity contribution in [3.05, 3.63) is 77.6 Å². The summed E-state index contributed by atoms with van der Waals surface area (Å²) in [6.45, 7) is 3.35. The average molecular weight is 571 g/mol. The molecule has 11 heteroatoms. The van der Waals surface area contributed by atoms with Gasteiger partial charge in [0.2, 0.25) is 15.9 Å². The number of aromatic nitrogens is 2. The summed E-state index contributed by atoms with van der Waals surface area (Å²) in [7, 11) is -3.66. The van der Waals surface area contributed by atoms with Gasteiger partial charge in [-0.3, -0.25) is 14.7 Å². The topological polar surface area (TPSA) is 92.7 Å². The number of carbonyl (C=O) groups excluding carboxylic acids is 1. The zero-order valence-electron chi connectivity index (χ0n) is 20.8. The quantitative estimate of drug-likeness (QED) is 0.282. The minimum absolute atomic E-state index is 0.0681. The molecular weight excluding hydrogens is 544 g/mol. The van der Waals surface area contributed by atoms with Gasteiger partial charge in [-0.25, -0.2) is 13.4 Å². The lowest BCUT2D eigenvalue weighted by Gasteiger charge is -2.33. The van der Waals surface area contributed by atoms with Gasteiger partial charge in [0.1, 0.15) is 5.75 Å². The molecule has 1 saturated heterocycles. The minimum atomic E-state index is -3.66. The second kappa shape index (κ2) is 11.4. The van der Waals surface area contributed by atoms with Gasteiger partial charge < -0.3 is 4.74 Å². The molecule has 0 unspecified atom stereocenters. The van der Waals surface area contributed by atoms with Gasteiger partial charge in [0.05, 0.1) is 28.3 Å². The zero-order chi connectivity index (χ0) is 26.7. The first-order valence-corrected chi connectivity index (χ1v) is 15.0. The number of pyridine rings is 1. The van der Waals surface area contributed by atoms with E-state index in [0.717, 1.165) is 21.5 Å². The molecule has 0 radical (unpaired) electrons. The first-order chi connectivity index (χ1) is 18.3. The number of halogens is 1. The highest BCUT2D eigenvalue weighted by Gasteiger charge is 2.35. The van der Waals surface area contributed by atoms with Gasteiger partial charge in [-0.05, 0) is 73.9 Å². The van der Waals surface area contributed by atoms with Crippen molar-refractivity contribution in [2.45, 2.75) is 31.2 Å². The predicted octanol–water partition coefficient (Wildman–Crippen LogP) is 5.38. The standard InChI is InChI=1S/C27H27ClN4O4S2/c1-2-36-22-7-10-24-25(16-22)37-27(30-24)32(18-19-4-3-13-29-17-19)26(33)20-11-14-31(15-12-20)38(34,35)23-8-5-21(28)6-9-23/h3-10,13,16-17,20H,2,11-12,14-15,18H2,1H3. The number of amides is 1. The Labute approximate surface area is 230 Å². The van der Waals surface area contributed by atoms with Gasteiger partial charge in [0, 0.05) is 36.4 Å². The molecule has 0 aliphatic carbocycles. The number of anilines is 1. The maximum absolute atomic E-state index is 13.9. The van der Waals surface area contributed by atoms with E-state index in [2.05, 4.69) is 4.98 Å². The Morgan fingerprint density at radius 2 is 1.92 bits per heavy atom. The second-order valence-corrected chi connectivity index (χ2v) is 12.4. The summed E-state index contributed by atoms with van der Waals surface area (Å²) >= 11 is 7.36. The molecule has 0 bridgehead atoms. The van der Waals surface area contributed by atoms with Crippen LogP contribution < -0.4 is 9.64 Å². The molecule has 0 spiro atoms. The normalized spacial score (nSPS) is 15.0. The maximum atomic E-state index is 13.9. The highest BCUT2D eigenvalue weighted by atomic mass is 35.5. The molecule has 2 aromatic heterocycles. The van der Waals surface area contributed by atoms with Crippen LogP contribution in [0.4, 0.5) is 5.13 Å². The smallest absolute Gasteiger partial charge is 0.243 e. The molecular formula is C27H27ClN4O4S2. The number of rotatable bonds is 8. The van der Waals surface area contributed by atoms with E-state index < -0.39 is 10.0 Å². The molecule has 1 aliphatic rings. The molecule has 5 rings (SSSR count). The van der Waals surface area contributed by atoms with Crippen LogP contribution in [0.1, 0.15) is 25.3 Å². The predicted molar refractivity (Wildman–Crippen MR) is 149 cm³/mol. The fraction of sp³-hybridized carbons (Fsp3) is 0.296. The van der Waals surface area contributed by atoms with E-state index in [4.69, 9.17) is 21.3 Å². The van der Waals surface area contributed by atoms with E-state index in [1.54, 1.807) is 29.4 Å². The lowest BCUT2D eigenvalue weighted by Crippen LogP contribution is -2.44. The van der Waals surface area contributed by atoms with Crippen LogP contribution in [-0.4, -0.2) is 48.3 Å². The van der Waals surface area contributed by atoms with Crippen molar-refractivity contribution in [2.24, 2.45) is 5.92 Å². The molecule has 8 nitrogen and oxygen atoms in total. The second-order valence-electron chi connectivity index (χ2n) is 8.98. The first-order valence-electron chi connectivity index (χ1n) is 12.3. The molecule has 38 heavy (non-hydrogen) atoms. The number of fused-ring (bicyclic) bond motifs is 1. The van der Waals surface area contributed by atoms with Gasteiger partial charge in [0.15, 0.2) is 5.13 Å². The number of thiazole rings is 1. The number of nitrogens with zero attached hydrogens (tertiary/aromatic N) is 4. The fourth-order valence-electron chi connectivity index (χ4n) is 4.50. The molecule has 198 valence electrons. The van der Waals surface area contributed by atoms with E-state index in [-0.39, 0.29) is 29.8 Å². The number of hydrogen-bond acceptors (Lipinski definition) is 7. The van der Waals surface area contributed by atoms with Crippen LogP contribution in [0, 0.1) is 5.92 Å². The third-order valence-electron chi connectivity index (χ3n) is 6.47. The lowest BCUT2D eigenvalue weighted by atomic mass is 9.96. The van der Waals surface area contributed by atoms with Gasteiger partial charge >= 0.3 is 0 Å². The van der Waals surface area contributed by atoms with Crippen LogP contribution in [0.5, 0.6) is 5.75 Å². The van der Waals surface area contributed by atoms with Crippen molar-refractivity contribution >= 4 is 54.2 Å². The van der Waals surface area contributed by atoms with Crippen LogP contribution in [0.25, 0.3) is 10.2 Å². The van der Waals surface area contributed by atoms with Crippen LogP contribution in [-0.2, 0) is 21.4 Å². The highest BCUT2D eigenvalue weighted by Crippen LogP contribution is 2.34. The van der Waals surface area contributed by atoms with Crippen molar-refractivity contribution in [3.8, 4) is 5.75 Å². The number of carbonyl (C=O) groups is 1.